The van der Waals surface area contributed by atoms with Crippen molar-refractivity contribution in [2.45, 2.75) is 50.5 Å². The molecule has 3 aromatic rings. The van der Waals surface area contributed by atoms with Gasteiger partial charge in [0.2, 0.25) is 11.5 Å². The van der Waals surface area contributed by atoms with Crippen LogP contribution in [-0.4, -0.2) is 44.3 Å². The molecule has 2 fully saturated rings. The number of halogens is 2. The SMILES string of the molecule is Cc1cc(Nc2nn(C3(F)CCCC3(F)C#N)c3cc[nH]c(=O)c23)ccc1C(=O)N1CCCC1. The number of H-pyrrole nitrogens is 1. The quantitative estimate of drug-likeness (QED) is 0.603. The van der Waals surface area contributed by atoms with Crippen molar-refractivity contribution < 1.29 is 13.6 Å². The van der Waals surface area contributed by atoms with Crippen LogP contribution in [0.5, 0.6) is 0 Å². The number of nitrogens with zero attached hydrogens (tertiary/aromatic N) is 4. The number of benzene rings is 1. The van der Waals surface area contributed by atoms with Crippen molar-refractivity contribution in [2.75, 3.05) is 18.4 Å². The zero-order valence-electron chi connectivity index (χ0n) is 18.7. The van der Waals surface area contributed by atoms with E-state index in [9.17, 15) is 14.9 Å². The number of aryl methyl sites for hydroxylation is 1. The molecule has 1 amide bonds. The highest BCUT2D eigenvalue weighted by Gasteiger charge is 2.60. The van der Waals surface area contributed by atoms with Crippen molar-refractivity contribution >= 4 is 28.3 Å². The summed E-state index contributed by atoms with van der Waals surface area (Å²) in [6.45, 7) is 3.31. The summed E-state index contributed by atoms with van der Waals surface area (Å²) in [5, 5.41) is 16.7. The van der Waals surface area contributed by atoms with Crippen LogP contribution in [0.3, 0.4) is 0 Å². The molecule has 2 aromatic heterocycles. The Morgan fingerprint density at radius 1 is 1.21 bits per heavy atom. The molecule has 1 saturated heterocycles. The van der Waals surface area contributed by atoms with Crippen LogP contribution < -0.4 is 10.9 Å². The number of likely N-dealkylation sites (tertiary alicyclic amines) is 1. The van der Waals surface area contributed by atoms with E-state index in [0.717, 1.165) is 36.2 Å². The minimum absolute atomic E-state index is 0.0240. The smallest absolute Gasteiger partial charge is 0.261 e. The number of alkyl halides is 2. The number of hydrogen-bond acceptors (Lipinski definition) is 5. The first-order valence-corrected chi connectivity index (χ1v) is 11.3. The highest BCUT2D eigenvalue weighted by Crippen LogP contribution is 2.49. The number of rotatable bonds is 4. The lowest BCUT2D eigenvalue weighted by atomic mass is 9.99. The molecule has 176 valence electrons. The Labute approximate surface area is 194 Å². The van der Waals surface area contributed by atoms with E-state index >= 15 is 8.78 Å². The fraction of sp³-hybridized carbons (Fsp3) is 0.417. The number of nitriles is 1. The summed E-state index contributed by atoms with van der Waals surface area (Å²) in [6.07, 6.45) is 3.03. The van der Waals surface area contributed by atoms with E-state index in [1.807, 2.05) is 11.8 Å². The normalized spacial score (nSPS) is 24.5. The maximum Gasteiger partial charge on any atom is 0.261 e. The first-order chi connectivity index (χ1) is 16.3. The van der Waals surface area contributed by atoms with Crippen LogP contribution in [0.25, 0.3) is 10.9 Å². The van der Waals surface area contributed by atoms with Gasteiger partial charge in [0.05, 0.1) is 5.52 Å². The van der Waals surface area contributed by atoms with Crippen LogP contribution in [0.2, 0.25) is 0 Å². The number of carbonyl (C=O) groups excluding carboxylic acids is 1. The molecule has 1 aliphatic heterocycles. The third-order valence-electron chi connectivity index (χ3n) is 6.87. The third-order valence-corrected chi connectivity index (χ3v) is 6.87. The predicted octanol–water partition coefficient (Wildman–Crippen LogP) is 4.05. The maximum absolute atomic E-state index is 16.0. The van der Waals surface area contributed by atoms with E-state index in [1.54, 1.807) is 18.2 Å². The molecule has 2 N–H and O–H groups in total. The zero-order chi connectivity index (χ0) is 24.1. The van der Waals surface area contributed by atoms with Gasteiger partial charge in [-0.05, 0) is 56.0 Å². The van der Waals surface area contributed by atoms with E-state index in [-0.39, 0.29) is 41.9 Å². The molecule has 0 spiro atoms. The number of nitrogens with one attached hydrogen (secondary N) is 2. The molecule has 1 aromatic carbocycles. The molecule has 5 rings (SSSR count). The van der Waals surface area contributed by atoms with Crippen LogP contribution in [0.1, 0.15) is 48.0 Å². The minimum Gasteiger partial charge on any atom is -0.339 e. The summed E-state index contributed by atoms with van der Waals surface area (Å²) in [7, 11) is 0. The number of carbonyl (C=O) groups is 1. The largest absolute Gasteiger partial charge is 0.339 e. The number of aromatic nitrogens is 3. The second-order valence-electron chi connectivity index (χ2n) is 9.01. The monoisotopic (exact) mass is 466 g/mol. The molecular formula is C24H24F2N6O2. The van der Waals surface area contributed by atoms with Crippen LogP contribution >= 0.6 is 0 Å². The predicted molar refractivity (Wildman–Crippen MR) is 122 cm³/mol. The molecule has 2 unspecified atom stereocenters. The molecule has 10 heteroatoms. The first kappa shape index (κ1) is 22.1. The van der Waals surface area contributed by atoms with Crippen molar-refractivity contribution in [1.29, 1.82) is 5.26 Å². The van der Waals surface area contributed by atoms with Gasteiger partial charge in [0.1, 0.15) is 11.5 Å². The van der Waals surface area contributed by atoms with Gasteiger partial charge in [0.15, 0.2) is 5.82 Å². The molecular weight excluding hydrogens is 442 g/mol. The average Bonchev–Trinajstić information content (AvgIpc) is 3.54. The third kappa shape index (κ3) is 3.26. The van der Waals surface area contributed by atoms with E-state index in [0.29, 0.717) is 11.3 Å². The van der Waals surface area contributed by atoms with Crippen molar-refractivity contribution in [3.05, 3.63) is 51.9 Å². The van der Waals surface area contributed by atoms with E-state index in [4.69, 9.17) is 0 Å². The van der Waals surface area contributed by atoms with Crippen LogP contribution in [0.15, 0.2) is 35.3 Å². The Morgan fingerprint density at radius 2 is 1.97 bits per heavy atom. The summed E-state index contributed by atoms with van der Waals surface area (Å²) in [4.78, 5) is 29.8. The highest BCUT2D eigenvalue weighted by atomic mass is 19.2. The Balaban J connectivity index is 1.54. The highest BCUT2D eigenvalue weighted by molar-refractivity contribution is 5.97. The number of pyridine rings is 1. The number of hydrogen-bond donors (Lipinski definition) is 2. The number of fused-ring (bicyclic) bond motifs is 1. The summed E-state index contributed by atoms with van der Waals surface area (Å²) in [5.74, 6) is -2.68. The Hall–Kier alpha value is -3.74. The van der Waals surface area contributed by atoms with Gasteiger partial charge in [-0.3, -0.25) is 9.59 Å². The fourth-order valence-electron chi connectivity index (χ4n) is 5.01. The van der Waals surface area contributed by atoms with Crippen LogP contribution in [0, 0.1) is 18.3 Å². The van der Waals surface area contributed by atoms with Gasteiger partial charge >= 0.3 is 0 Å². The van der Waals surface area contributed by atoms with Crippen LogP contribution in [-0.2, 0) is 5.79 Å². The first-order valence-electron chi connectivity index (χ1n) is 11.3. The van der Waals surface area contributed by atoms with E-state index in [2.05, 4.69) is 15.4 Å². The fourth-order valence-corrected chi connectivity index (χ4v) is 5.01. The lowest BCUT2D eigenvalue weighted by molar-refractivity contribution is -0.0467. The van der Waals surface area contributed by atoms with Gasteiger partial charge in [0.25, 0.3) is 11.5 Å². The summed E-state index contributed by atoms with van der Waals surface area (Å²) in [5.41, 5.74) is -1.32. The van der Waals surface area contributed by atoms with Crippen molar-refractivity contribution in [3.63, 3.8) is 0 Å². The molecule has 1 aliphatic carbocycles. The lowest BCUT2D eigenvalue weighted by Gasteiger charge is -2.28. The Kier molecular flexibility index (Phi) is 5.15. The number of aromatic amines is 1. The van der Waals surface area contributed by atoms with E-state index in [1.165, 1.54) is 18.3 Å². The average molecular weight is 466 g/mol. The second-order valence-corrected chi connectivity index (χ2v) is 9.01. The van der Waals surface area contributed by atoms with Crippen molar-refractivity contribution in [3.8, 4) is 6.07 Å². The summed E-state index contributed by atoms with van der Waals surface area (Å²) >= 11 is 0. The Bertz CT molecular complexity index is 1390. The van der Waals surface area contributed by atoms with Gasteiger partial charge in [-0.2, -0.15) is 10.4 Å². The number of amides is 1. The molecule has 3 heterocycles. The summed E-state index contributed by atoms with van der Waals surface area (Å²) < 4.78 is 32.0. The van der Waals surface area contributed by atoms with Gasteiger partial charge < -0.3 is 15.2 Å². The molecule has 0 radical (unpaired) electrons. The van der Waals surface area contributed by atoms with Crippen molar-refractivity contribution in [2.24, 2.45) is 0 Å². The standard InChI is InChI=1S/C24H24F2N6O2/c1-15-13-16(5-6-17(15)22(34)31-11-2-3-12-31)29-20-19-18(7-10-28-21(19)33)32(30-20)24(26)9-4-8-23(24,25)14-27/h5-7,10,13H,2-4,8-9,11-12H2,1H3,(H,28,33)(H,29,30). The van der Waals surface area contributed by atoms with Gasteiger partial charge in [-0.1, -0.05) is 0 Å². The molecule has 0 bridgehead atoms. The van der Waals surface area contributed by atoms with Crippen molar-refractivity contribution in [1.82, 2.24) is 19.7 Å². The van der Waals surface area contributed by atoms with E-state index < -0.39 is 17.0 Å². The molecule has 1 saturated carbocycles. The van der Waals surface area contributed by atoms with Crippen LogP contribution in [0.4, 0.5) is 20.3 Å². The number of anilines is 2. The minimum atomic E-state index is -2.75. The van der Waals surface area contributed by atoms with Gasteiger partial charge in [-0.25, -0.2) is 13.5 Å². The maximum atomic E-state index is 16.0. The molecule has 2 aliphatic rings. The molecule has 8 nitrogen and oxygen atoms in total. The molecule has 34 heavy (non-hydrogen) atoms. The zero-order valence-corrected chi connectivity index (χ0v) is 18.7. The topological polar surface area (TPSA) is 107 Å². The summed E-state index contributed by atoms with van der Waals surface area (Å²) in [6, 6.07) is 8.06. The Morgan fingerprint density at radius 3 is 2.68 bits per heavy atom. The molecule has 2 atom stereocenters. The second kappa shape index (κ2) is 7.94. The van der Waals surface area contributed by atoms with Gasteiger partial charge in [0, 0.05) is 43.4 Å². The van der Waals surface area contributed by atoms with Gasteiger partial charge in [-0.15, -0.1) is 0 Å². The lowest BCUT2D eigenvalue weighted by Crippen LogP contribution is -2.44.